The number of aromatic nitrogens is 2. The number of hydrogen-bond donors (Lipinski definition) is 1. The fraction of sp³-hybridized carbons (Fsp3) is 0.231. The third-order valence-corrected chi connectivity index (χ3v) is 3.56. The number of nitrogens with one attached hydrogen (secondary N) is 1. The molecule has 1 heterocycles. The molecule has 0 radical (unpaired) electrons. The molecule has 0 saturated heterocycles. The quantitative estimate of drug-likeness (QED) is 0.910. The molecule has 2 aromatic rings. The standard InChI is InChI=1S/C13H13BrClN3/c1-8-13(17-6-5-16-8)9(2)18-12-7-10(15)3-4-11(12)14/h3-7,9,18H,1-2H3. The Morgan fingerprint density at radius 1 is 1.28 bits per heavy atom. The molecular weight excluding hydrogens is 314 g/mol. The van der Waals surface area contributed by atoms with E-state index >= 15 is 0 Å². The number of rotatable bonds is 3. The predicted octanol–water partition coefficient (Wildman–Crippen LogP) is 4.37. The molecule has 1 aromatic heterocycles. The summed E-state index contributed by atoms with van der Waals surface area (Å²) in [7, 11) is 0. The topological polar surface area (TPSA) is 37.8 Å². The highest BCUT2D eigenvalue weighted by molar-refractivity contribution is 9.10. The lowest BCUT2D eigenvalue weighted by molar-refractivity contribution is 0.809. The van der Waals surface area contributed by atoms with Gasteiger partial charge in [0.1, 0.15) is 0 Å². The second kappa shape index (κ2) is 5.67. The maximum Gasteiger partial charge on any atom is 0.0835 e. The van der Waals surface area contributed by atoms with Crippen LogP contribution in [0, 0.1) is 6.92 Å². The highest BCUT2D eigenvalue weighted by atomic mass is 79.9. The molecule has 0 amide bonds. The van der Waals surface area contributed by atoms with Gasteiger partial charge in [0.2, 0.25) is 0 Å². The van der Waals surface area contributed by atoms with Crippen LogP contribution in [0.2, 0.25) is 5.02 Å². The van der Waals surface area contributed by atoms with Crippen molar-refractivity contribution in [3.63, 3.8) is 0 Å². The summed E-state index contributed by atoms with van der Waals surface area (Å²) in [5.74, 6) is 0. The molecule has 0 spiro atoms. The van der Waals surface area contributed by atoms with Gasteiger partial charge in [-0.15, -0.1) is 0 Å². The Morgan fingerprint density at radius 3 is 2.72 bits per heavy atom. The van der Waals surface area contributed by atoms with Crippen LogP contribution in [0.15, 0.2) is 35.1 Å². The SMILES string of the molecule is Cc1nccnc1C(C)Nc1cc(Cl)ccc1Br. The molecule has 5 heteroatoms. The van der Waals surface area contributed by atoms with E-state index in [-0.39, 0.29) is 6.04 Å². The Balaban J connectivity index is 2.24. The lowest BCUT2D eigenvalue weighted by atomic mass is 10.1. The molecule has 1 atom stereocenters. The van der Waals surface area contributed by atoms with Gasteiger partial charge in [0, 0.05) is 21.9 Å². The summed E-state index contributed by atoms with van der Waals surface area (Å²) in [5, 5.41) is 4.07. The van der Waals surface area contributed by atoms with Gasteiger partial charge in [0.15, 0.2) is 0 Å². The summed E-state index contributed by atoms with van der Waals surface area (Å²) in [6, 6.07) is 5.71. The minimum Gasteiger partial charge on any atom is -0.376 e. The van der Waals surface area contributed by atoms with Crippen molar-refractivity contribution in [3.05, 3.63) is 51.5 Å². The lowest BCUT2D eigenvalue weighted by Gasteiger charge is -2.17. The van der Waals surface area contributed by atoms with E-state index in [0.29, 0.717) is 5.02 Å². The van der Waals surface area contributed by atoms with Gasteiger partial charge in [-0.2, -0.15) is 0 Å². The average Bonchev–Trinajstić information content (AvgIpc) is 2.34. The zero-order valence-corrected chi connectivity index (χ0v) is 12.5. The Hall–Kier alpha value is -1.13. The van der Waals surface area contributed by atoms with Crippen LogP contribution in [-0.2, 0) is 0 Å². The van der Waals surface area contributed by atoms with Crippen molar-refractivity contribution in [2.24, 2.45) is 0 Å². The average molecular weight is 327 g/mol. The van der Waals surface area contributed by atoms with E-state index in [1.54, 1.807) is 12.4 Å². The Labute approximate surface area is 120 Å². The van der Waals surface area contributed by atoms with Crippen molar-refractivity contribution in [2.45, 2.75) is 19.9 Å². The molecule has 0 aliphatic rings. The maximum absolute atomic E-state index is 5.99. The van der Waals surface area contributed by atoms with E-state index in [1.807, 2.05) is 32.0 Å². The molecule has 1 unspecified atom stereocenters. The van der Waals surface area contributed by atoms with Gasteiger partial charge >= 0.3 is 0 Å². The summed E-state index contributed by atoms with van der Waals surface area (Å²) in [4.78, 5) is 8.59. The van der Waals surface area contributed by atoms with Crippen LogP contribution in [-0.4, -0.2) is 9.97 Å². The van der Waals surface area contributed by atoms with Crippen LogP contribution < -0.4 is 5.32 Å². The van der Waals surface area contributed by atoms with Crippen molar-refractivity contribution < 1.29 is 0 Å². The van der Waals surface area contributed by atoms with Crippen molar-refractivity contribution in [1.82, 2.24) is 9.97 Å². The first-order valence-corrected chi connectivity index (χ1v) is 6.74. The smallest absolute Gasteiger partial charge is 0.0835 e. The van der Waals surface area contributed by atoms with Crippen LogP contribution >= 0.6 is 27.5 Å². The normalized spacial score (nSPS) is 12.2. The number of aryl methyl sites for hydroxylation is 1. The monoisotopic (exact) mass is 325 g/mol. The van der Waals surface area contributed by atoms with E-state index in [4.69, 9.17) is 11.6 Å². The van der Waals surface area contributed by atoms with Gasteiger partial charge in [0.25, 0.3) is 0 Å². The van der Waals surface area contributed by atoms with E-state index in [0.717, 1.165) is 21.5 Å². The molecular formula is C13H13BrClN3. The van der Waals surface area contributed by atoms with Gasteiger partial charge in [-0.3, -0.25) is 9.97 Å². The molecule has 0 bridgehead atoms. The van der Waals surface area contributed by atoms with Crippen molar-refractivity contribution in [1.29, 1.82) is 0 Å². The molecule has 0 fully saturated rings. The Morgan fingerprint density at radius 2 is 2.00 bits per heavy atom. The molecule has 2 rings (SSSR count). The van der Waals surface area contributed by atoms with E-state index in [2.05, 4.69) is 31.2 Å². The molecule has 0 saturated carbocycles. The van der Waals surface area contributed by atoms with E-state index in [1.165, 1.54) is 0 Å². The summed E-state index contributed by atoms with van der Waals surface area (Å²) in [6.45, 7) is 4.00. The Kier molecular flexibility index (Phi) is 4.19. The van der Waals surface area contributed by atoms with Crippen molar-refractivity contribution in [3.8, 4) is 0 Å². The van der Waals surface area contributed by atoms with Gasteiger partial charge < -0.3 is 5.32 Å². The minimum atomic E-state index is 0.0634. The molecule has 0 aliphatic heterocycles. The van der Waals surface area contributed by atoms with Gasteiger partial charge in [-0.25, -0.2) is 0 Å². The summed E-state index contributed by atoms with van der Waals surface area (Å²) in [6.07, 6.45) is 3.40. The highest BCUT2D eigenvalue weighted by Gasteiger charge is 2.11. The molecule has 1 N–H and O–H groups in total. The van der Waals surface area contributed by atoms with Gasteiger partial charge in [-0.1, -0.05) is 11.6 Å². The summed E-state index contributed by atoms with van der Waals surface area (Å²) >= 11 is 9.48. The van der Waals surface area contributed by atoms with Crippen LogP contribution in [0.4, 0.5) is 5.69 Å². The lowest BCUT2D eigenvalue weighted by Crippen LogP contribution is -2.11. The maximum atomic E-state index is 5.99. The fourth-order valence-electron chi connectivity index (χ4n) is 1.75. The summed E-state index contributed by atoms with van der Waals surface area (Å²) < 4.78 is 0.972. The van der Waals surface area contributed by atoms with Crippen LogP contribution in [0.25, 0.3) is 0 Å². The molecule has 94 valence electrons. The number of anilines is 1. The predicted molar refractivity (Wildman–Crippen MR) is 78.0 cm³/mol. The molecule has 3 nitrogen and oxygen atoms in total. The molecule has 0 aliphatic carbocycles. The van der Waals surface area contributed by atoms with Gasteiger partial charge in [-0.05, 0) is 48.0 Å². The van der Waals surface area contributed by atoms with Gasteiger partial charge in [0.05, 0.1) is 23.1 Å². The molecule has 18 heavy (non-hydrogen) atoms. The third kappa shape index (κ3) is 3.00. The summed E-state index contributed by atoms with van der Waals surface area (Å²) in [5.41, 5.74) is 2.81. The van der Waals surface area contributed by atoms with Crippen LogP contribution in [0.1, 0.15) is 24.4 Å². The third-order valence-electron chi connectivity index (χ3n) is 2.63. The minimum absolute atomic E-state index is 0.0634. The van der Waals surface area contributed by atoms with Crippen LogP contribution in [0.3, 0.4) is 0 Å². The largest absolute Gasteiger partial charge is 0.376 e. The fourth-order valence-corrected chi connectivity index (χ4v) is 2.29. The first-order chi connectivity index (χ1) is 8.58. The zero-order chi connectivity index (χ0) is 13.1. The van der Waals surface area contributed by atoms with E-state index < -0.39 is 0 Å². The van der Waals surface area contributed by atoms with E-state index in [9.17, 15) is 0 Å². The first kappa shape index (κ1) is 13.3. The second-order valence-electron chi connectivity index (χ2n) is 4.02. The number of hydrogen-bond acceptors (Lipinski definition) is 3. The number of nitrogens with zero attached hydrogens (tertiary/aromatic N) is 2. The molecule has 1 aromatic carbocycles. The first-order valence-electron chi connectivity index (χ1n) is 5.57. The highest BCUT2D eigenvalue weighted by Crippen LogP contribution is 2.29. The zero-order valence-electron chi connectivity index (χ0n) is 10.1. The van der Waals surface area contributed by atoms with Crippen molar-refractivity contribution >= 4 is 33.2 Å². The second-order valence-corrected chi connectivity index (χ2v) is 5.31. The number of halogens is 2. The van der Waals surface area contributed by atoms with Crippen LogP contribution in [0.5, 0.6) is 0 Å². The van der Waals surface area contributed by atoms with Crippen molar-refractivity contribution in [2.75, 3.05) is 5.32 Å². The Bertz CT molecular complexity index is 560. The number of benzene rings is 1.